The number of hydrogen-bond acceptors (Lipinski definition) is 3. The molecule has 2 aromatic carbocycles. The van der Waals surface area contributed by atoms with Crippen molar-refractivity contribution >= 4 is 11.6 Å². The molecule has 0 aliphatic rings. The molecule has 1 amide bonds. The van der Waals surface area contributed by atoms with E-state index in [1.165, 1.54) is 0 Å². The molecule has 0 bridgehead atoms. The van der Waals surface area contributed by atoms with Crippen molar-refractivity contribution in [1.82, 2.24) is 5.16 Å². The Kier molecular flexibility index (Phi) is 3.98. The molecule has 3 rings (SSSR count). The van der Waals surface area contributed by atoms with Crippen LogP contribution in [0.2, 0.25) is 0 Å². The van der Waals surface area contributed by atoms with Gasteiger partial charge in [0.2, 0.25) is 0 Å². The molecule has 0 spiro atoms. The highest BCUT2D eigenvalue weighted by Gasteiger charge is 2.21. The quantitative estimate of drug-likeness (QED) is 0.774. The van der Waals surface area contributed by atoms with Gasteiger partial charge < -0.3 is 9.84 Å². The number of carbonyl (C=O) groups is 1. The van der Waals surface area contributed by atoms with Gasteiger partial charge in [0.15, 0.2) is 0 Å². The minimum atomic E-state index is -0.215. The molecule has 4 nitrogen and oxygen atoms in total. The molecule has 116 valence electrons. The summed E-state index contributed by atoms with van der Waals surface area (Å²) in [7, 11) is 0. The van der Waals surface area contributed by atoms with E-state index in [1.54, 1.807) is 6.92 Å². The number of nitrogens with one attached hydrogen (secondary N) is 1. The second-order valence-corrected chi connectivity index (χ2v) is 5.66. The lowest BCUT2D eigenvalue weighted by atomic mass is 10.1. The number of carbonyl (C=O) groups excluding carboxylic acids is 1. The van der Waals surface area contributed by atoms with Crippen LogP contribution in [-0.2, 0) is 0 Å². The zero-order valence-electron chi connectivity index (χ0n) is 13.4. The van der Waals surface area contributed by atoms with Gasteiger partial charge in [-0.05, 0) is 44.0 Å². The summed E-state index contributed by atoms with van der Waals surface area (Å²) in [5, 5.41) is 6.99. The lowest BCUT2D eigenvalue weighted by molar-refractivity contribution is 0.102. The van der Waals surface area contributed by atoms with Crippen LogP contribution in [-0.4, -0.2) is 11.1 Å². The van der Waals surface area contributed by atoms with Crippen LogP contribution >= 0.6 is 0 Å². The predicted molar refractivity (Wildman–Crippen MR) is 90.5 cm³/mol. The number of rotatable bonds is 3. The summed E-state index contributed by atoms with van der Waals surface area (Å²) in [4.78, 5) is 12.7. The first-order valence-corrected chi connectivity index (χ1v) is 7.46. The van der Waals surface area contributed by atoms with Crippen LogP contribution in [0.4, 0.5) is 5.69 Å². The van der Waals surface area contributed by atoms with Crippen molar-refractivity contribution in [3.8, 4) is 11.3 Å². The first kappa shape index (κ1) is 15.0. The van der Waals surface area contributed by atoms with E-state index in [4.69, 9.17) is 4.52 Å². The third-order valence-corrected chi connectivity index (χ3v) is 3.62. The van der Waals surface area contributed by atoms with Gasteiger partial charge in [0.25, 0.3) is 5.91 Å². The molecule has 1 aromatic heterocycles. The minimum absolute atomic E-state index is 0.215. The van der Waals surface area contributed by atoms with Crippen molar-refractivity contribution in [3.63, 3.8) is 0 Å². The van der Waals surface area contributed by atoms with Crippen LogP contribution in [0.3, 0.4) is 0 Å². The van der Waals surface area contributed by atoms with Gasteiger partial charge in [-0.2, -0.15) is 0 Å². The standard InChI is InChI=1S/C19H18N2O2/c1-12-9-13(2)11-16(10-12)20-19(22)17-14(3)23-21-18(17)15-7-5-4-6-8-15/h4-11H,1-3H3,(H,20,22). The van der Waals surface area contributed by atoms with Crippen LogP contribution in [0.1, 0.15) is 27.2 Å². The second-order valence-electron chi connectivity index (χ2n) is 5.66. The Labute approximate surface area is 135 Å². The molecule has 0 unspecified atom stereocenters. The summed E-state index contributed by atoms with van der Waals surface area (Å²) in [5.74, 6) is 0.290. The zero-order chi connectivity index (χ0) is 16.4. The van der Waals surface area contributed by atoms with Crippen LogP contribution in [0.5, 0.6) is 0 Å². The molecule has 4 heteroatoms. The van der Waals surface area contributed by atoms with Gasteiger partial charge in [0, 0.05) is 11.3 Å². The van der Waals surface area contributed by atoms with Gasteiger partial charge in [0.1, 0.15) is 17.0 Å². The number of benzene rings is 2. The third kappa shape index (κ3) is 3.16. The molecule has 3 aromatic rings. The molecule has 0 saturated carbocycles. The van der Waals surface area contributed by atoms with Crippen molar-refractivity contribution in [3.05, 3.63) is 71.0 Å². The Bertz CT molecular complexity index is 831. The summed E-state index contributed by atoms with van der Waals surface area (Å²) in [6.45, 7) is 5.75. The molecule has 0 aliphatic carbocycles. The van der Waals surface area contributed by atoms with E-state index in [-0.39, 0.29) is 5.91 Å². The van der Waals surface area contributed by atoms with Gasteiger partial charge >= 0.3 is 0 Å². The molecule has 0 radical (unpaired) electrons. The summed E-state index contributed by atoms with van der Waals surface area (Å²) >= 11 is 0. The molecule has 1 heterocycles. The van der Waals surface area contributed by atoms with Crippen molar-refractivity contribution in [1.29, 1.82) is 0 Å². The minimum Gasteiger partial charge on any atom is -0.360 e. The van der Waals surface area contributed by atoms with Gasteiger partial charge in [-0.1, -0.05) is 41.6 Å². The SMILES string of the molecule is Cc1cc(C)cc(NC(=O)c2c(-c3ccccc3)noc2C)c1. The summed E-state index contributed by atoms with van der Waals surface area (Å²) in [6, 6.07) is 15.5. The third-order valence-electron chi connectivity index (χ3n) is 3.62. The number of aromatic nitrogens is 1. The fourth-order valence-electron chi connectivity index (χ4n) is 2.67. The van der Waals surface area contributed by atoms with Gasteiger partial charge in [0.05, 0.1) is 0 Å². The summed E-state index contributed by atoms with van der Waals surface area (Å²) in [5.41, 5.74) is 4.86. The first-order chi connectivity index (χ1) is 11.0. The van der Waals surface area contributed by atoms with E-state index < -0.39 is 0 Å². The van der Waals surface area contributed by atoms with Crippen LogP contribution in [0.25, 0.3) is 11.3 Å². The van der Waals surface area contributed by atoms with Gasteiger partial charge in [-0.15, -0.1) is 0 Å². The average molecular weight is 306 g/mol. The topological polar surface area (TPSA) is 55.1 Å². The Morgan fingerprint density at radius 3 is 2.30 bits per heavy atom. The Morgan fingerprint density at radius 1 is 1.00 bits per heavy atom. The van der Waals surface area contributed by atoms with E-state index in [9.17, 15) is 4.79 Å². The molecule has 0 fully saturated rings. The van der Waals surface area contributed by atoms with Gasteiger partial charge in [-0.3, -0.25) is 4.79 Å². The fraction of sp³-hybridized carbons (Fsp3) is 0.158. The van der Waals surface area contributed by atoms with E-state index in [2.05, 4.69) is 16.5 Å². The Hall–Kier alpha value is -2.88. The summed E-state index contributed by atoms with van der Waals surface area (Å²) in [6.07, 6.45) is 0. The molecular weight excluding hydrogens is 288 g/mol. The van der Waals surface area contributed by atoms with Crippen LogP contribution in [0, 0.1) is 20.8 Å². The van der Waals surface area contributed by atoms with Crippen LogP contribution < -0.4 is 5.32 Å². The highest BCUT2D eigenvalue weighted by atomic mass is 16.5. The number of anilines is 1. The molecular formula is C19H18N2O2. The highest BCUT2D eigenvalue weighted by Crippen LogP contribution is 2.26. The van der Waals surface area contributed by atoms with E-state index in [1.807, 2.05) is 56.3 Å². The number of aryl methyl sites for hydroxylation is 3. The molecule has 0 aliphatic heterocycles. The molecule has 0 saturated heterocycles. The maximum absolute atomic E-state index is 12.7. The van der Waals surface area contributed by atoms with E-state index in [0.29, 0.717) is 17.0 Å². The monoisotopic (exact) mass is 306 g/mol. The lowest BCUT2D eigenvalue weighted by Gasteiger charge is -2.08. The van der Waals surface area contributed by atoms with Crippen molar-refractivity contribution in [2.45, 2.75) is 20.8 Å². The van der Waals surface area contributed by atoms with E-state index in [0.717, 1.165) is 22.4 Å². The smallest absolute Gasteiger partial charge is 0.261 e. The number of amides is 1. The van der Waals surface area contributed by atoms with E-state index >= 15 is 0 Å². The lowest BCUT2D eigenvalue weighted by Crippen LogP contribution is -2.13. The van der Waals surface area contributed by atoms with Crippen LogP contribution in [0.15, 0.2) is 53.1 Å². The Balaban J connectivity index is 1.95. The maximum atomic E-state index is 12.7. The fourth-order valence-corrected chi connectivity index (χ4v) is 2.67. The largest absolute Gasteiger partial charge is 0.360 e. The Morgan fingerprint density at radius 2 is 1.65 bits per heavy atom. The van der Waals surface area contributed by atoms with Crippen molar-refractivity contribution in [2.24, 2.45) is 0 Å². The number of hydrogen-bond donors (Lipinski definition) is 1. The predicted octanol–water partition coefficient (Wildman–Crippen LogP) is 4.52. The highest BCUT2D eigenvalue weighted by molar-refractivity contribution is 6.08. The zero-order valence-corrected chi connectivity index (χ0v) is 13.4. The van der Waals surface area contributed by atoms with Gasteiger partial charge in [-0.25, -0.2) is 0 Å². The molecule has 1 N–H and O–H groups in total. The molecule has 23 heavy (non-hydrogen) atoms. The van der Waals surface area contributed by atoms with Crippen molar-refractivity contribution < 1.29 is 9.32 Å². The number of nitrogens with zero attached hydrogens (tertiary/aromatic N) is 1. The average Bonchev–Trinajstić information content (AvgIpc) is 2.89. The molecule has 0 atom stereocenters. The van der Waals surface area contributed by atoms with Crippen molar-refractivity contribution in [2.75, 3.05) is 5.32 Å². The maximum Gasteiger partial charge on any atom is 0.261 e. The normalized spacial score (nSPS) is 10.6. The second kappa shape index (κ2) is 6.08. The summed E-state index contributed by atoms with van der Waals surface area (Å²) < 4.78 is 5.25. The first-order valence-electron chi connectivity index (χ1n) is 7.46.